The largest absolute Gasteiger partial charge is 0.336 e. The molecular weight excluding hydrogens is 292 g/mol. The van der Waals surface area contributed by atoms with Gasteiger partial charge in [0.15, 0.2) is 0 Å². The second kappa shape index (κ2) is 6.90. The second-order valence-corrected chi connectivity index (χ2v) is 6.83. The van der Waals surface area contributed by atoms with Crippen molar-refractivity contribution in [2.24, 2.45) is 5.92 Å². The smallest absolute Gasteiger partial charge is 0.274 e. The summed E-state index contributed by atoms with van der Waals surface area (Å²) in [6.45, 7) is 6.94. The molecule has 2 saturated heterocycles. The Morgan fingerprint density at radius 2 is 2.26 bits per heavy atom. The molecule has 2 fully saturated rings. The minimum absolute atomic E-state index is 0.0268. The monoisotopic (exact) mass is 318 g/mol. The number of piperidine rings is 1. The predicted molar refractivity (Wildman–Crippen MR) is 87.7 cm³/mol. The Morgan fingerprint density at radius 1 is 1.43 bits per heavy atom. The summed E-state index contributed by atoms with van der Waals surface area (Å²) in [6, 6.07) is 1.27. The van der Waals surface area contributed by atoms with E-state index in [9.17, 15) is 4.79 Å². The van der Waals surface area contributed by atoms with Crippen molar-refractivity contribution in [1.29, 1.82) is 0 Å². The van der Waals surface area contributed by atoms with Gasteiger partial charge in [0.2, 0.25) is 0 Å². The number of nitrogens with zero attached hydrogens (tertiary/aromatic N) is 4. The molecular formula is C16H26N6O. The van der Waals surface area contributed by atoms with Gasteiger partial charge in [-0.3, -0.25) is 20.6 Å². The molecule has 1 amide bonds. The lowest BCUT2D eigenvalue weighted by Crippen LogP contribution is -2.50. The highest BCUT2D eigenvalue weighted by molar-refractivity contribution is 5.92. The van der Waals surface area contributed by atoms with Gasteiger partial charge in [0, 0.05) is 50.2 Å². The molecule has 3 atom stereocenters. The molecule has 126 valence electrons. The summed E-state index contributed by atoms with van der Waals surface area (Å²) in [6.07, 6.45) is 5.69. The number of carbonyl (C=O) groups is 1. The lowest BCUT2D eigenvalue weighted by atomic mass is 9.87. The van der Waals surface area contributed by atoms with Crippen LogP contribution in [0.4, 0.5) is 0 Å². The summed E-state index contributed by atoms with van der Waals surface area (Å²) in [4.78, 5) is 24.8. The first-order valence-corrected chi connectivity index (χ1v) is 8.33. The maximum absolute atomic E-state index is 12.5. The Hall–Kier alpha value is -1.57. The summed E-state index contributed by atoms with van der Waals surface area (Å²) in [7, 11) is 2.16. The van der Waals surface area contributed by atoms with Crippen LogP contribution in [-0.4, -0.2) is 70.5 Å². The zero-order valence-corrected chi connectivity index (χ0v) is 14.1. The van der Waals surface area contributed by atoms with E-state index in [0.717, 1.165) is 26.1 Å². The molecule has 7 heteroatoms. The fourth-order valence-electron chi connectivity index (χ4n) is 3.38. The summed E-state index contributed by atoms with van der Waals surface area (Å²) in [5, 5.41) is 0. The first kappa shape index (κ1) is 16.3. The minimum Gasteiger partial charge on any atom is -0.336 e. The van der Waals surface area contributed by atoms with E-state index in [-0.39, 0.29) is 5.91 Å². The van der Waals surface area contributed by atoms with Crippen LogP contribution < -0.4 is 10.9 Å². The molecule has 0 saturated carbocycles. The number of carbonyl (C=O) groups excluding carboxylic acids is 1. The van der Waals surface area contributed by atoms with Crippen LogP contribution in [0, 0.1) is 5.92 Å². The van der Waals surface area contributed by atoms with Crippen molar-refractivity contribution in [1.82, 2.24) is 30.6 Å². The van der Waals surface area contributed by atoms with Crippen LogP contribution in [0.25, 0.3) is 0 Å². The molecule has 0 aliphatic carbocycles. The van der Waals surface area contributed by atoms with E-state index >= 15 is 0 Å². The lowest BCUT2D eigenvalue weighted by molar-refractivity contribution is 0.0651. The maximum Gasteiger partial charge on any atom is 0.274 e. The lowest BCUT2D eigenvalue weighted by Gasteiger charge is -2.36. The SMILES string of the molecule is CC(C)N(C)CC1NNC2CN(C(=O)c3cnccn3)CCC21. The number of hydrogen-bond acceptors (Lipinski definition) is 6. The maximum atomic E-state index is 12.5. The normalized spacial score (nSPS) is 27.5. The van der Waals surface area contributed by atoms with Crippen LogP contribution in [0.5, 0.6) is 0 Å². The van der Waals surface area contributed by atoms with E-state index in [0.29, 0.717) is 29.7 Å². The fraction of sp³-hybridized carbons (Fsp3) is 0.688. The predicted octanol–water partition coefficient (Wildman–Crippen LogP) is 0.124. The summed E-state index contributed by atoms with van der Waals surface area (Å²) in [5.74, 6) is 0.531. The van der Waals surface area contributed by atoms with Gasteiger partial charge in [-0.05, 0) is 33.2 Å². The van der Waals surface area contributed by atoms with E-state index in [1.807, 2.05) is 4.90 Å². The average Bonchev–Trinajstić information content (AvgIpc) is 2.97. The molecule has 1 aromatic rings. The molecule has 2 aliphatic rings. The van der Waals surface area contributed by atoms with E-state index in [2.05, 4.69) is 46.6 Å². The van der Waals surface area contributed by atoms with Crippen LogP contribution in [-0.2, 0) is 0 Å². The number of hydrogen-bond donors (Lipinski definition) is 2. The number of aromatic nitrogens is 2. The molecule has 0 radical (unpaired) electrons. The van der Waals surface area contributed by atoms with Gasteiger partial charge >= 0.3 is 0 Å². The number of likely N-dealkylation sites (tertiary alicyclic amines) is 1. The summed E-state index contributed by atoms with van der Waals surface area (Å²) >= 11 is 0. The van der Waals surface area contributed by atoms with Gasteiger partial charge < -0.3 is 9.80 Å². The highest BCUT2D eigenvalue weighted by Gasteiger charge is 2.41. The van der Waals surface area contributed by atoms with Crippen molar-refractivity contribution < 1.29 is 4.79 Å². The quantitative estimate of drug-likeness (QED) is 0.822. The van der Waals surface area contributed by atoms with Crippen molar-refractivity contribution in [2.75, 3.05) is 26.7 Å². The van der Waals surface area contributed by atoms with Gasteiger partial charge in [0.25, 0.3) is 5.91 Å². The van der Waals surface area contributed by atoms with Gasteiger partial charge in [-0.25, -0.2) is 4.98 Å². The minimum atomic E-state index is -0.0268. The fourth-order valence-corrected chi connectivity index (χ4v) is 3.38. The zero-order valence-electron chi connectivity index (χ0n) is 14.1. The van der Waals surface area contributed by atoms with Crippen LogP contribution in [0.2, 0.25) is 0 Å². The number of nitrogens with one attached hydrogen (secondary N) is 2. The van der Waals surface area contributed by atoms with Crippen molar-refractivity contribution in [2.45, 2.75) is 38.4 Å². The topological polar surface area (TPSA) is 73.4 Å². The highest BCUT2D eigenvalue weighted by Crippen LogP contribution is 2.26. The van der Waals surface area contributed by atoms with Crippen LogP contribution in [0.3, 0.4) is 0 Å². The summed E-state index contributed by atoms with van der Waals surface area (Å²) in [5.41, 5.74) is 7.23. The molecule has 2 N–H and O–H groups in total. The number of rotatable bonds is 4. The zero-order chi connectivity index (χ0) is 16.4. The Kier molecular flexibility index (Phi) is 4.89. The van der Waals surface area contributed by atoms with Crippen LogP contribution in [0.1, 0.15) is 30.8 Å². The highest BCUT2D eigenvalue weighted by atomic mass is 16.2. The van der Waals surface area contributed by atoms with Gasteiger partial charge in [0.05, 0.1) is 6.20 Å². The molecule has 3 rings (SSSR count). The van der Waals surface area contributed by atoms with Gasteiger partial charge in [-0.1, -0.05) is 0 Å². The molecule has 2 aliphatic heterocycles. The Morgan fingerprint density at radius 3 is 2.96 bits per heavy atom. The molecule has 0 spiro atoms. The van der Waals surface area contributed by atoms with E-state index in [1.54, 1.807) is 12.4 Å². The number of hydrazine groups is 1. The Bertz CT molecular complexity index is 537. The van der Waals surface area contributed by atoms with Gasteiger partial charge in [0.1, 0.15) is 5.69 Å². The molecule has 0 aromatic carbocycles. The number of fused-ring (bicyclic) bond motifs is 1. The molecule has 3 heterocycles. The third kappa shape index (κ3) is 3.52. The van der Waals surface area contributed by atoms with Crippen molar-refractivity contribution in [3.05, 3.63) is 24.3 Å². The third-order valence-electron chi connectivity index (χ3n) is 5.07. The van der Waals surface area contributed by atoms with Crippen LogP contribution in [0.15, 0.2) is 18.6 Å². The molecule has 23 heavy (non-hydrogen) atoms. The first-order chi connectivity index (χ1) is 11.1. The van der Waals surface area contributed by atoms with Crippen molar-refractivity contribution in [3.8, 4) is 0 Å². The van der Waals surface area contributed by atoms with Gasteiger partial charge in [-0.15, -0.1) is 0 Å². The van der Waals surface area contributed by atoms with Gasteiger partial charge in [-0.2, -0.15) is 0 Å². The van der Waals surface area contributed by atoms with E-state index in [1.165, 1.54) is 6.20 Å². The van der Waals surface area contributed by atoms with Crippen molar-refractivity contribution >= 4 is 5.91 Å². The van der Waals surface area contributed by atoms with Crippen molar-refractivity contribution in [3.63, 3.8) is 0 Å². The standard InChI is InChI=1S/C16H26N6O/c1-11(2)21(3)9-14-12-4-7-22(10-15(12)20-19-14)16(23)13-8-17-5-6-18-13/h5-6,8,11-12,14-15,19-20H,4,7,9-10H2,1-3H3. The third-order valence-corrected chi connectivity index (χ3v) is 5.07. The summed E-state index contributed by atoms with van der Waals surface area (Å²) < 4.78 is 0. The molecule has 7 nitrogen and oxygen atoms in total. The Labute approximate surface area is 137 Å². The Balaban J connectivity index is 1.59. The first-order valence-electron chi connectivity index (χ1n) is 8.33. The number of amides is 1. The van der Waals surface area contributed by atoms with Crippen LogP contribution >= 0.6 is 0 Å². The number of likely N-dealkylation sites (N-methyl/N-ethyl adjacent to an activating group) is 1. The second-order valence-electron chi connectivity index (χ2n) is 6.83. The molecule has 0 bridgehead atoms. The average molecular weight is 318 g/mol. The van der Waals surface area contributed by atoms with E-state index in [4.69, 9.17) is 0 Å². The van der Waals surface area contributed by atoms with E-state index < -0.39 is 0 Å². The molecule has 3 unspecified atom stereocenters. The molecule has 1 aromatic heterocycles.